The van der Waals surface area contributed by atoms with E-state index in [9.17, 15) is 9.59 Å². The lowest BCUT2D eigenvalue weighted by Gasteiger charge is -1.99. The molecule has 0 aromatic heterocycles. The number of hydrogen-bond acceptors (Lipinski definition) is 3. The van der Waals surface area contributed by atoms with Gasteiger partial charge in [-0.05, 0) is 12.8 Å². The highest BCUT2D eigenvalue weighted by Gasteiger charge is 2.32. The molecule has 0 spiro atoms. The summed E-state index contributed by atoms with van der Waals surface area (Å²) >= 11 is 5.43. The van der Waals surface area contributed by atoms with Crippen LogP contribution in [0.1, 0.15) is 19.3 Å². The average molecular weight is 177 g/mol. The van der Waals surface area contributed by atoms with Gasteiger partial charge in [0.25, 0.3) is 0 Å². The average Bonchev–Trinajstić information content (AvgIpc) is 2.26. The summed E-state index contributed by atoms with van der Waals surface area (Å²) in [6.45, 7) is 0. The van der Waals surface area contributed by atoms with Crippen LogP contribution in [0.4, 0.5) is 0 Å². The Balaban J connectivity index is 2.34. The van der Waals surface area contributed by atoms with E-state index >= 15 is 0 Å². The normalized spacial score (nSPS) is 23.9. The zero-order valence-electron chi connectivity index (χ0n) is 6.01. The van der Waals surface area contributed by atoms with E-state index in [1.54, 1.807) is 0 Å². The minimum atomic E-state index is -0.408. The van der Waals surface area contributed by atoms with Gasteiger partial charge in [-0.25, -0.2) is 0 Å². The summed E-state index contributed by atoms with van der Waals surface area (Å²) in [5.74, 6) is -0.506. The van der Waals surface area contributed by atoms with Crippen LogP contribution < -0.4 is 0 Å². The van der Waals surface area contributed by atoms with Crippen LogP contribution in [0.25, 0.3) is 0 Å². The minimum absolute atomic E-state index is 0.232. The van der Waals surface area contributed by atoms with Crippen LogP contribution in [0.5, 0.6) is 0 Å². The van der Waals surface area contributed by atoms with E-state index in [4.69, 9.17) is 11.6 Å². The third kappa shape index (κ3) is 2.19. The fourth-order valence-corrected chi connectivity index (χ4v) is 1.22. The van der Waals surface area contributed by atoms with Crippen molar-refractivity contribution in [1.29, 1.82) is 0 Å². The fourth-order valence-electron chi connectivity index (χ4n) is 1.07. The van der Waals surface area contributed by atoms with Crippen molar-refractivity contribution in [2.24, 2.45) is 5.92 Å². The molecule has 1 atom stereocenters. The maximum Gasteiger partial charge on any atom is 0.317 e. The number of ether oxygens (including phenoxy) is 1. The van der Waals surface area contributed by atoms with Crippen LogP contribution in [-0.2, 0) is 14.3 Å². The van der Waals surface area contributed by atoms with Crippen LogP contribution in [0, 0.1) is 5.92 Å². The number of cyclic esters (lactones) is 2. The van der Waals surface area contributed by atoms with Crippen molar-refractivity contribution in [2.75, 3.05) is 5.88 Å². The molecule has 0 aliphatic carbocycles. The lowest BCUT2D eigenvalue weighted by molar-refractivity contribution is -0.153. The molecule has 0 aromatic rings. The molecule has 1 aliphatic rings. The van der Waals surface area contributed by atoms with E-state index in [2.05, 4.69) is 4.74 Å². The zero-order chi connectivity index (χ0) is 8.27. The zero-order valence-corrected chi connectivity index (χ0v) is 6.76. The molecule has 1 unspecified atom stereocenters. The fraction of sp³-hybridized carbons (Fsp3) is 0.714. The van der Waals surface area contributed by atoms with Crippen molar-refractivity contribution < 1.29 is 14.3 Å². The van der Waals surface area contributed by atoms with Gasteiger partial charge in [-0.2, -0.15) is 0 Å². The van der Waals surface area contributed by atoms with Crippen LogP contribution in [0.2, 0.25) is 0 Å². The molecule has 0 radical (unpaired) electrons. The lowest BCUT2D eigenvalue weighted by Crippen LogP contribution is -2.07. The molecule has 1 aliphatic heterocycles. The second kappa shape index (κ2) is 3.72. The molecule has 1 rings (SSSR count). The Bertz CT molecular complexity index is 179. The molecule has 1 saturated heterocycles. The molecular weight excluding hydrogens is 168 g/mol. The smallest absolute Gasteiger partial charge is 0.317 e. The van der Waals surface area contributed by atoms with E-state index in [0.717, 1.165) is 6.42 Å². The number of esters is 2. The standard InChI is InChI=1S/C7H9ClO3/c8-3-1-2-5-4-6(9)11-7(5)10/h5H,1-4H2. The van der Waals surface area contributed by atoms with Crippen LogP contribution in [0.3, 0.4) is 0 Å². The Kier molecular flexibility index (Phi) is 2.88. The van der Waals surface area contributed by atoms with Crippen LogP contribution in [0.15, 0.2) is 0 Å². The summed E-state index contributed by atoms with van der Waals surface area (Å²) in [5.41, 5.74) is 0. The van der Waals surface area contributed by atoms with Crippen molar-refractivity contribution in [2.45, 2.75) is 19.3 Å². The summed E-state index contributed by atoms with van der Waals surface area (Å²) in [6.07, 6.45) is 1.65. The van der Waals surface area contributed by atoms with Crippen molar-refractivity contribution in [3.8, 4) is 0 Å². The second-order valence-corrected chi connectivity index (χ2v) is 2.90. The number of carbonyl (C=O) groups is 2. The molecular formula is C7H9ClO3. The molecule has 1 fully saturated rings. The van der Waals surface area contributed by atoms with Gasteiger partial charge >= 0.3 is 11.9 Å². The van der Waals surface area contributed by atoms with Gasteiger partial charge in [0, 0.05) is 5.88 Å². The van der Waals surface area contributed by atoms with E-state index in [0.29, 0.717) is 12.3 Å². The van der Waals surface area contributed by atoms with Gasteiger partial charge in [-0.15, -0.1) is 11.6 Å². The van der Waals surface area contributed by atoms with Crippen LogP contribution >= 0.6 is 11.6 Å². The quantitative estimate of drug-likeness (QED) is 0.367. The number of hydrogen-bond donors (Lipinski definition) is 0. The van der Waals surface area contributed by atoms with Gasteiger partial charge < -0.3 is 4.74 Å². The van der Waals surface area contributed by atoms with Gasteiger partial charge in [0.1, 0.15) is 0 Å². The van der Waals surface area contributed by atoms with Crippen molar-refractivity contribution in [1.82, 2.24) is 0 Å². The molecule has 3 nitrogen and oxygen atoms in total. The van der Waals surface area contributed by atoms with Gasteiger partial charge in [-0.1, -0.05) is 0 Å². The van der Waals surface area contributed by atoms with E-state index in [1.807, 2.05) is 0 Å². The number of halogens is 1. The predicted molar refractivity (Wildman–Crippen MR) is 39.2 cm³/mol. The highest BCUT2D eigenvalue weighted by molar-refractivity contribution is 6.17. The largest absolute Gasteiger partial charge is 0.393 e. The Labute approximate surface area is 69.7 Å². The first-order valence-corrected chi connectivity index (χ1v) is 4.08. The molecule has 0 bridgehead atoms. The Morgan fingerprint density at radius 2 is 2.27 bits per heavy atom. The van der Waals surface area contributed by atoms with Crippen molar-refractivity contribution in [3.05, 3.63) is 0 Å². The summed E-state index contributed by atoms with van der Waals surface area (Å²) in [6, 6.07) is 0. The van der Waals surface area contributed by atoms with Crippen LogP contribution in [-0.4, -0.2) is 17.8 Å². The number of alkyl halides is 1. The van der Waals surface area contributed by atoms with Gasteiger partial charge in [0.2, 0.25) is 0 Å². The number of rotatable bonds is 3. The molecule has 11 heavy (non-hydrogen) atoms. The van der Waals surface area contributed by atoms with E-state index < -0.39 is 5.97 Å². The molecule has 0 N–H and O–H groups in total. The minimum Gasteiger partial charge on any atom is -0.393 e. The molecule has 62 valence electrons. The SMILES string of the molecule is O=C1CC(CCCCl)C(=O)O1. The Hall–Kier alpha value is -0.570. The lowest BCUT2D eigenvalue weighted by atomic mass is 10.0. The highest BCUT2D eigenvalue weighted by atomic mass is 35.5. The third-order valence-electron chi connectivity index (χ3n) is 1.65. The maximum absolute atomic E-state index is 10.8. The van der Waals surface area contributed by atoms with E-state index in [-0.39, 0.29) is 18.3 Å². The summed E-state index contributed by atoms with van der Waals surface area (Å²) < 4.78 is 4.35. The first-order chi connectivity index (χ1) is 5.24. The molecule has 0 saturated carbocycles. The molecule has 1 heterocycles. The first kappa shape index (κ1) is 8.53. The highest BCUT2D eigenvalue weighted by Crippen LogP contribution is 2.20. The van der Waals surface area contributed by atoms with Crippen molar-refractivity contribution in [3.63, 3.8) is 0 Å². The van der Waals surface area contributed by atoms with Gasteiger partial charge in [0.05, 0.1) is 12.3 Å². The van der Waals surface area contributed by atoms with Gasteiger partial charge in [-0.3, -0.25) is 9.59 Å². The predicted octanol–water partition coefficient (Wildman–Crippen LogP) is 1.10. The monoisotopic (exact) mass is 176 g/mol. The van der Waals surface area contributed by atoms with Gasteiger partial charge in [0.15, 0.2) is 0 Å². The Morgan fingerprint density at radius 3 is 2.73 bits per heavy atom. The first-order valence-electron chi connectivity index (χ1n) is 3.54. The maximum atomic E-state index is 10.8. The molecule has 0 amide bonds. The molecule has 0 aromatic carbocycles. The topological polar surface area (TPSA) is 43.4 Å². The summed E-state index contributed by atoms with van der Waals surface area (Å²) in [7, 11) is 0. The third-order valence-corrected chi connectivity index (χ3v) is 1.91. The Morgan fingerprint density at radius 1 is 1.55 bits per heavy atom. The van der Waals surface area contributed by atoms with Crippen molar-refractivity contribution >= 4 is 23.5 Å². The second-order valence-electron chi connectivity index (χ2n) is 2.53. The summed E-state index contributed by atoms with van der Waals surface area (Å²) in [4.78, 5) is 21.4. The summed E-state index contributed by atoms with van der Waals surface area (Å²) in [5, 5.41) is 0. The van der Waals surface area contributed by atoms with E-state index in [1.165, 1.54) is 0 Å². The number of carbonyl (C=O) groups excluding carboxylic acids is 2. The molecule has 4 heteroatoms.